The number of ether oxygens (including phenoxy) is 1. The second-order valence-corrected chi connectivity index (χ2v) is 8.67. The molecule has 3 aromatic rings. The van der Waals surface area contributed by atoms with Gasteiger partial charge in [-0.3, -0.25) is 9.48 Å². The van der Waals surface area contributed by atoms with Gasteiger partial charge in [-0.05, 0) is 49.2 Å². The van der Waals surface area contributed by atoms with E-state index >= 15 is 0 Å². The van der Waals surface area contributed by atoms with Gasteiger partial charge in [-0.2, -0.15) is 5.10 Å². The first kappa shape index (κ1) is 20.9. The first-order valence-corrected chi connectivity index (χ1v) is 10.8. The fourth-order valence-corrected chi connectivity index (χ4v) is 4.61. The predicted molar refractivity (Wildman–Crippen MR) is 116 cm³/mol. The molecule has 1 aromatic heterocycles. The van der Waals surface area contributed by atoms with E-state index in [4.69, 9.17) is 16.3 Å². The lowest BCUT2D eigenvalue weighted by Crippen LogP contribution is -2.28. The molecule has 0 aliphatic carbocycles. The highest BCUT2D eigenvalue weighted by molar-refractivity contribution is 7.99. The summed E-state index contributed by atoms with van der Waals surface area (Å²) in [5, 5.41) is 7.45. The molecular formula is C22H21ClFN3O2S. The molecule has 0 atom stereocenters. The number of aryl methyl sites for hydroxylation is 1. The highest BCUT2D eigenvalue weighted by Gasteiger charge is 2.21. The van der Waals surface area contributed by atoms with Crippen molar-refractivity contribution in [1.29, 1.82) is 0 Å². The molecule has 4 rings (SSSR count). The summed E-state index contributed by atoms with van der Waals surface area (Å²) in [4.78, 5) is 14.1. The van der Waals surface area contributed by atoms with Crippen molar-refractivity contribution in [3.8, 4) is 11.3 Å². The van der Waals surface area contributed by atoms with Gasteiger partial charge in [-0.15, -0.1) is 0 Å². The Bertz CT molecular complexity index is 1050. The van der Waals surface area contributed by atoms with Crippen LogP contribution in [-0.2, 0) is 16.6 Å². The van der Waals surface area contributed by atoms with Gasteiger partial charge in [0.15, 0.2) is 0 Å². The maximum absolute atomic E-state index is 14.8. The van der Waals surface area contributed by atoms with Crippen LogP contribution in [0.4, 0.5) is 10.1 Å². The van der Waals surface area contributed by atoms with Crippen LogP contribution in [0.15, 0.2) is 58.5 Å². The van der Waals surface area contributed by atoms with Crippen molar-refractivity contribution < 1.29 is 13.9 Å². The van der Waals surface area contributed by atoms with Gasteiger partial charge in [0.05, 0.1) is 16.9 Å². The van der Waals surface area contributed by atoms with Crippen LogP contribution in [0, 0.1) is 11.7 Å². The number of hydrogen-bond donors (Lipinski definition) is 1. The van der Waals surface area contributed by atoms with Gasteiger partial charge >= 0.3 is 0 Å². The highest BCUT2D eigenvalue weighted by Crippen LogP contribution is 2.35. The zero-order valence-electron chi connectivity index (χ0n) is 16.4. The summed E-state index contributed by atoms with van der Waals surface area (Å²) in [5.74, 6) is -0.367. The number of nitrogens with zero attached hydrogens (tertiary/aromatic N) is 2. The molecule has 5 nitrogen and oxygen atoms in total. The Morgan fingerprint density at radius 2 is 2.00 bits per heavy atom. The standard InChI is InChI=1S/C22H21ClFN3O2S/c1-27-21(19(23)13-25-27)18-6-5-17(12-20(18)24)30-16-4-2-3-15(11-16)26-22(28)14-7-9-29-10-8-14/h2-6,11-14H,7-10H2,1H3,(H,26,28). The Kier molecular flexibility index (Phi) is 6.41. The molecule has 1 N–H and O–H groups in total. The van der Waals surface area contributed by atoms with Gasteiger partial charge in [0.1, 0.15) is 5.82 Å². The molecule has 0 spiro atoms. The van der Waals surface area contributed by atoms with Crippen molar-refractivity contribution in [2.75, 3.05) is 18.5 Å². The van der Waals surface area contributed by atoms with Crippen LogP contribution in [0.25, 0.3) is 11.3 Å². The third kappa shape index (κ3) is 4.69. The lowest BCUT2D eigenvalue weighted by Gasteiger charge is -2.21. The minimum atomic E-state index is -0.366. The zero-order chi connectivity index (χ0) is 21.1. The first-order chi connectivity index (χ1) is 14.5. The number of benzene rings is 2. The van der Waals surface area contributed by atoms with E-state index in [2.05, 4.69) is 10.4 Å². The molecule has 1 saturated heterocycles. The van der Waals surface area contributed by atoms with E-state index in [1.54, 1.807) is 17.8 Å². The Morgan fingerprint density at radius 1 is 1.23 bits per heavy atom. The zero-order valence-corrected chi connectivity index (χ0v) is 18.0. The summed E-state index contributed by atoms with van der Waals surface area (Å²) < 4.78 is 21.6. The molecule has 156 valence electrons. The van der Waals surface area contributed by atoms with E-state index in [9.17, 15) is 9.18 Å². The van der Waals surface area contributed by atoms with E-state index in [-0.39, 0.29) is 17.6 Å². The summed E-state index contributed by atoms with van der Waals surface area (Å²) >= 11 is 7.57. The SMILES string of the molecule is Cn1ncc(Cl)c1-c1ccc(Sc2cccc(NC(=O)C3CCOCC3)c2)cc1F. The maximum Gasteiger partial charge on any atom is 0.227 e. The summed E-state index contributed by atoms with van der Waals surface area (Å²) in [7, 11) is 1.73. The molecule has 2 aromatic carbocycles. The first-order valence-electron chi connectivity index (χ1n) is 9.65. The van der Waals surface area contributed by atoms with E-state index < -0.39 is 0 Å². The molecule has 1 fully saturated rings. The topological polar surface area (TPSA) is 56.2 Å². The van der Waals surface area contributed by atoms with Crippen LogP contribution in [0.5, 0.6) is 0 Å². The summed E-state index contributed by atoms with van der Waals surface area (Å²) in [6.45, 7) is 1.25. The Hall–Kier alpha value is -2.35. The Morgan fingerprint density at radius 3 is 2.70 bits per heavy atom. The maximum atomic E-state index is 14.8. The quantitative estimate of drug-likeness (QED) is 0.571. The van der Waals surface area contributed by atoms with Crippen molar-refractivity contribution in [2.45, 2.75) is 22.6 Å². The highest BCUT2D eigenvalue weighted by atomic mass is 35.5. The fourth-order valence-electron chi connectivity index (χ4n) is 3.44. The van der Waals surface area contributed by atoms with Gasteiger partial charge < -0.3 is 10.1 Å². The number of amides is 1. The van der Waals surface area contributed by atoms with Crippen LogP contribution in [0.3, 0.4) is 0 Å². The molecule has 1 aliphatic rings. The van der Waals surface area contributed by atoms with E-state index in [1.165, 1.54) is 24.0 Å². The van der Waals surface area contributed by atoms with Crippen molar-refractivity contribution >= 4 is 35.0 Å². The normalized spacial score (nSPS) is 14.6. The van der Waals surface area contributed by atoms with Gasteiger partial charge in [0, 0.05) is 47.2 Å². The molecule has 0 saturated carbocycles. The third-order valence-electron chi connectivity index (χ3n) is 5.02. The van der Waals surface area contributed by atoms with Crippen LogP contribution in [-0.4, -0.2) is 28.9 Å². The van der Waals surface area contributed by atoms with Crippen molar-refractivity contribution in [2.24, 2.45) is 13.0 Å². The molecule has 0 radical (unpaired) electrons. The number of aromatic nitrogens is 2. The van der Waals surface area contributed by atoms with Crippen LogP contribution in [0.1, 0.15) is 12.8 Å². The second-order valence-electron chi connectivity index (χ2n) is 7.11. The molecule has 1 amide bonds. The van der Waals surface area contributed by atoms with Crippen LogP contribution >= 0.6 is 23.4 Å². The minimum absolute atomic E-state index is 0.0175. The average Bonchev–Trinajstić information content (AvgIpc) is 3.07. The van der Waals surface area contributed by atoms with Crippen molar-refractivity contribution in [3.63, 3.8) is 0 Å². The largest absolute Gasteiger partial charge is 0.381 e. The third-order valence-corrected chi connectivity index (χ3v) is 6.28. The van der Waals surface area contributed by atoms with Gasteiger partial charge in [0.25, 0.3) is 0 Å². The number of halogens is 2. The molecule has 30 heavy (non-hydrogen) atoms. The van der Waals surface area contributed by atoms with E-state index in [0.717, 1.165) is 28.3 Å². The predicted octanol–water partition coefficient (Wildman–Crippen LogP) is 5.40. The van der Waals surface area contributed by atoms with Crippen LogP contribution in [0.2, 0.25) is 5.02 Å². The summed E-state index contributed by atoms with van der Waals surface area (Å²) in [6.07, 6.45) is 2.98. The number of carbonyl (C=O) groups excluding carboxylic acids is 1. The van der Waals surface area contributed by atoms with Crippen molar-refractivity contribution in [1.82, 2.24) is 9.78 Å². The van der Waals surface area contributed by atoms with Crippen molar-refractivity contribution in [3.05, 3.63) is 59.5 Å². The van der Waals surface area contributed by atoms with Gasteiger partial charge in [-0.1, -0.05) is 29.4 Å². The van der Waals surface area contributed by atoms with E-state index in [0.29, 0.717) is 29.5 Å². The van der Waals surface area contributed by atoms with Crippen LogP contribution < -0.4 is 5.32 Å². The summed E-state index contributed by atoms with van der Waals surface area (Å²) in [6, 6.07) is 12.6. The smallest absolute Gasteiger partial charge is 0.227 e. The fraction of sp³-hybridized carbons (Fsp3) is 0.273. The van der Waals surface area contributed by atoms with Gasteiger partial charge in [-0.25, -0.2) is 4.39 Å². The lowest BCUT2D eigenvalue weighted by molar-refractivity contribution is -0.122. The molecular weight excluding hydrogens is 425 g/mol. The molecule has 0 bridgehead atoms. The minimum Gasteiger partial charge on any atom is -0.381 e. The lowest BCUT2D eigenvalue weighted by atomic mass is 9.99. The molecule has 1 aliphatic heterocycles. The number of rotatable bonds is 5. The molecule has 8 heteroatoms. The average molecular weight is 446 g/mol. The summed E-state index contributed by atoms with van der Waals surface area (Å²) in [5.41, 5.74) is 1.68. The molecule has 0 unspecified atom stereocenters. The number of carbonyl (C=O) groups is 1. The number of anilines is 1. The molecule has 2 heterocycles. The Balaban J connectivity index is 1.47. The monoisotopic (exact) mass is 445 g/mol. The number of hydrogen-bond acceptors (Lipinski definition) is 4. The second kappa shape index (κ2) is 9.20. The number of nitrogens with one attached hydrogen (secondary N) is 1. The van der Waals surface area contributed by atoms with Gasteiger partial charge in [0.2, 0.25) is 5.91 Å². The Labute approximate surface area is 183 Å². The van der Waals surface area contributed by atoms with E-state index in [1.807, 2.05) is 30.3 Å².